The molecule has 1 aliphatic rings. The number of rotatable bonds is 15. The van der Waals surface area contributed by atoms with Crippen LogP contribution in [0, 0.1) is 5.82 Å². The molecule has 1 saturated heterocycles. The lowest BCUT2D eigenvalue weighted by atomic mass is 10.1. The van der Waals surface area contributed by atoms with Crippen LogP contribution in [-0.2, 0) is 10.0 Å². The van der Waals surface area contributed by atoms with Crippen LogP contribution in [0.3, 0.4) is 0 Å². The van der Waals surface area contributed by atoms with Crippen molar-refractivity contribution in [1.29, 1.82) is 0 Å². The molecule has 248 valence electrons. The lowest BCUT2D eigenvalue weighted by molar-refractivity contribution is -0.0884. The number of hydrogen-bond donors (Lipinski definition) is 4. The van der Waals surface area contributed by atoms with Gasteiger partial charge in [-0.1, -0.05) is 40.7 Å². The topological polar surface area (TPSA) is 120 Å². The predicted molar refractivity (Wildman–Crippen MR) is 170 cm³/mol. The number of sulfonamides is 1. The second kappa shape index (κ2) is 16.4. The number of hydrogen-bond acceptors (Lipinski definition) is 7. The van der Waals surface area contributed by atoms with Crippen molar-refractivity contribution in [3.8, 4) is 5.75 Å². The summed E-state index contributed by atoms with van der Waals surface area (Å²) < 4.78 is 87.6. The molecule has 2 unspecified atom stereocenters. The Bertz CT molecular complexity index is 1470. The van der Waals surface area contributed by atoms with Crippen LogP contribution in [-0.4, -0.2) is 76.3 Å². The first-order valence-corrected chi connectivity index (χ1v) is 16.7. The number of carbonyl (C=O) groups is 1. The number of allylic oxidation sites excluding steroid dienone is 2. The summed E-state index contributed by atoms with van der Waals surface area (Å²) in [6, 6.07) is 8.31. The van der Waals surface area contributed by atoms with Gasteiger partial charge in [0.2, 0.25) is 10.0 Å². The molecular formula is C30H37BrF4N4O5S. The highest BCUT2D eigenvalue weighted by molar-refractivity contribution is 9.10. The van der Waals surface area contributed by atoms with Crippen LogP contribution in [0.15, 0.2) is 65.2 Å². The molecule has 2 aromatic carbocycles. The van der Waals surface area contributed by atoms with Gasteiger partial charge in [0.25, 0.3) is 5.91 Å². The quantitative estimate of drug-likeness (QED) is 0.114. The van der Waals surface area contributed by atoms with E-state index in [9.17, 15) is 31.5 Å². The first-order chi connectivity index (χ1) is 21.3. The molecule has 9 nitrogen and oxygen atoms in total. The number of halogens is 5. The second-order valence-corrected chi connectivity index (χ2v) is 13.2. The van der Waals surface area contributed by atoms with Crippen LogP contribution in [0.25, 0.3) is 0 Å². The Labute approximate surface area is 268 Å². The summed E-state index contributed by atoms with van der Waals surface area (Å²) >= 11 is 3.34. The minimum absolute atomic E-state index is 0.0102. The van der Waals surface area contributed by atoms with E-state index in [1.54, 1.807) is 31.2 Å². The molecule has 0 aliphatic carbocycles. The normalized spacial score (nSPS) is 16.5. The molecule has 2 aromatic rings. The highest BCUT2D eigenvalue weighted by atomic mass is 79.9. The molecule has 2 atom stereocenters. The highest BCUT2D eigenvalue weighted by Gasteiger charge is 2.32. The van der Waals surface area contributed by atoms with Crippen molar-refractivity contribution in [2.24, 2.45) is 0 Å². The number of aliphatic hydroxyl groups is 1. The molecule has 3 rings (SSSR count). The molecule has 4 N–H and O–H groups in total. The molecule has 0 spiro atoms. The first-order valence-electron chi connectivity index (χ1n) is 14.3. The summed E-state index contributed by atoms with van der Waals surface area (Å²) in [7, 11) is -3.79. The summed E-state index contributed by atoms with van der Waals surface area (Å²) in [6.07, 6.45) is -3.19. The molecular weight excluding hydrogens is 684 g/mol. The minimum Gasteiger partial charge on any atom is -0.491 e. The summed E-state index contributed by atoms with van der Waals surface area (Å²) in [5.74, 6) is -1.69. The molecule has 0 radical (unpaired) electrons. The maximum absolute atomic E-state index is 15.9. The predicted octanol–water partition coefficient (Wildman–Crippen LogP) is 5.14. The van der Waals surface area contributed by atoms with Gasteiger partial charge >= 0.3 is 6.18 Å². The zero-order chi connectivity index (χ0) is 33.2. The third-order valence-electron chi connectivity index (χ3n) is 6.89. The lowest BCUT2D eigenvalue weighted by Crippen LogP contribution is -2.51. The van der Waals surface area contributed by atoms with Gasteiger partial charge in [-0.25, -0.2) is 12.8 Å². The summed E-state index contributed by atoms with van der Waals surface area (Å²) in [4.78, 5) is 13.5. The van der Waals surface area contributed by atoms with E-state index in [1.165, 1.54) is 12.1 Å². The van der Waals surface area contributed by atoms with E-state index < -0.39 is 51.2 Å². The third kappa shape index (κ3) is 10.4. The van der Waals surface area contributed by atoms with Gasteiger partial charge in [0.15, 0.2) is 5.82 Å². The zero-order valence-electron chi connectivity index (χ0n) is 24.7. The maximum atomic E-state index is 15.9. The van der Waals surface area contributed by atoms with Crippen LogP contribution in [0.1, 0.15) is 36.5 Å². The fraction of sp³-hybridized carbons (Fsp3) is 0.433. The Morgan fingerprint density at radius 2 is 2.00 bits per heavy atom. The van der Waals surface area contributed by atoms with E-state index in [4.69, 9.17) is 4.74 Å². The van der Waals surface area contributed by atoms with Gasteiger partial charge in [0.1, 0.15) is 12.4 Å². The number of benzene rings is 2. The molecule has 1 fully saturated rings. The number of anilines is 2. The Morgan fingerprint density at radius 1 is 1.24 bits per heavy atom. The van der Waals surface area contributed by atoms with E-state index >= 15 is 4.39 Å². The van der Waals surface area contributed by atoms with Gasteiger partial charge in [0.05, 0.1) is 34.7 Å². The number of amides is 1. The average molecular weight is 722 g/mol. The summed E-state index contributed by atoms with van der Waals surface area (Å²) in [5.41, 5.74) is -1.25. The number of carbonyl (C=O) groups excluding carboxylic acids is 1. The molecule has 45 heavy (non-hydrogen) atoms. The molecule has 0 saturated carbocycles. The fourth-order valence-electron chi connectivity index (χ4n) is 4.60. The smallest absolute Gasteiger partial charge is 0.416 e. The van der Waals surface area contributed by atoms with Gasteiger partial charge in [-0.2, -0.15) is 13.2 Å². The van der Waals surface area contributed by atoms with Crippen molar-refractivity contribution in [2.45, 2.75) is 44.5 Å². The van der Waals surface area contributed by atoms with Crippen molar-refractivity contribution < 1.29 is 40.6 Å². The SMILES string of the molecule is C=CC(=CCCNCC(O)C(COc1cccc(Br)c1)NC(=O)c1cc(NCC)cc(N2CCCCS2(=O)=O)c1F)C(F)(F)F. The number of nitrogens with zero attached hydrogens (tertiary/aromatic N) is 1. The van der Waals surface area contributed by atoms with Crippen LogP contribution in [0.2, 0.25) is 0 Å². The summed E-state index contributed by atoms with van der Waals surface area (Å²) in [6.45, 7) is 5.12. The fourth-order valence-corrected chi connectivity index (χ4v) is 6.60. The lowest BCUT2D eigenvalue weighted by Gasteiger charge is -2.30. The number of ether oxygens (including phenoxy) is 1. The monoisotopic (exact) mass is 720 g/mol. The van der Waals surface area contributed by atoms with Crippen LogP contribution < -0.4 is 25.0 Å². The average Bonchev–Trinajstić information content (AvgIpc) is 2.97. The standard InChI is InChI=1S/C30H37BrF4N4O5S/c1-3-20(30(33,34)35)9-8-12-36-18-27(40)25(19-44-23-11-7-10-21(31)15-23)38-29(41)24-16-22(37-4-2)17-26(28(24)32)39-13-5-6-14-45(39,42)43/h3,7,9-11,15-17,25,27,36-37,40H,1,4-6,8,12-14,18-19H2,2H3,(H,38,41). The molecule has 1 aliphatic heterocycles. The van der Waals surface area contributed by atoms with Gasteiger partial charge in [-0.05, 0) is 63.1 Å². The number of alkyl halides is 3. The van der Waals surface area contributed by atoms with E-state index in [0.29, 0.717) is 30.8 Å². The number of nitrogens with one attached hydrogen (secondary N) is 3. The van der Waals surface area contributed by atoms with Crippen LogP contribution in [0.4, 0.5) is 28.9 Å². The third-order valence-corrected chi connectivity index (χ3v) is 9.24. The van der Waals surface area contributed by atoms with Crippen molar-refractivity contribution in [1.82, 2.24) is 10.6 Å². The maximum Gasteiger partial charge on any atom is 0.416 e. The van der Waals surface area contributed by atoms with Gasteiger partial charge in [0, 0.05) is 29.8 Å². The zero-order valence-corrected chi connectivity index (χ0v) is 27.1. The first kappa shape index (κ1) is 36.3. The molecule has 1 amide bonds. The van der Waals surface area contributed by atoms with E-state index in [1.807, 2.05) is 0 Å². The van der Waals surface area contributed by atoms with Crippen molar-refractivity contribution in [3.63, 3.8) is 0 Å². The summed E-state index contributed by atoms with van der Waals surface area (Å²) in [5, 5.41) is 19.4. The molecule has 15 heteroatoms. The Hall–Kier alpha value is -3.14. The van der Waals surface area contributed by atoms with Crippen molar-refractivity contribution in [3.05, 3.63) is 76.6 Å². The van der Waals surface area contributed by atoms with Crippen LogP contribution >= 0.6 is 15.9 Å². The Morgan fingerprint density at radius 3 is 2.64 bits per heavy atom. The highest BCUT2D eigenvalue weighted by Crippen LogP contribution is 2.32. The number of aliphatic hydroxyl groups excluding tert-OH is 1. The molecule has 0 bridgehead atoms. The van der Waals surface area contributed by atoms with Crippen molar-refractivity contribution in [2.75, 3.05) is 48.2 Å². The second-order valence-electron chi connectivity index (χ2n) is 10.3. The van der Waals surface area contributed by atoms with E-state index in [0.717, 1.165) is 20.9 Å². The van der Waals surface area contributed by atoms with Gasteiger partial charge in [-0.15, -0.1) is 0 Å². The largest absolute Gasteiger partial charge is 0.491 e. The van der Waals surface area contributed by atoms with E-state index in [2.05, 4.69) is 38.5 Å². The van der Waals surface area contributed by atoms with Gasteiger partial charge < -0.3 is 25.8 Å². The molecule has 1 heterocycles. The van der Waals surface area contributed by atoms with E-state index in [-0.39, 0.29) is 44.1 Å². The molecule has 0 aromatic heterocycles. The Kier molecular flexibility index (Phi) is 13.3. The minimum atomic E-state index is -4.53. The van der Waals surface area contributed by atoms with Crippen molar-refractivity contribution >= 4 is 43.2 Å². The van der Waals surface area contributed by atoms with Gasteiger partial charge in [-0.3, -0.25) is 9.10 Å². The van der Waals surface area contributed by atoms with Crippen LogP contribution in [0.5, 0.6) is 5.75 Å². The Balaban J connectivity index is 1.83.